The molecule has 14 heavy (non-hydrogen) atoms. The Morgan fingerprint density at radius 3 is 3.21 bits per heavy atom. The fourth-order valence-electron chi connectivity index (χ4n) is 0.881. The van der Waals surface area contributed by atoms with Crippen LogP contribution in [0.5, 0.6) is 0 Å². The second-order valence-corrected chi connectivity index (χ2v) is 4.86. The van der Waals surface area contributed by atoms with Crippen molar-refractivity contribution >= 4 is 30.9 Å². The van der Waals surface area contributed by atoms with Crippen molar-refractivity contribution in [3.8, 4) is 0 Å². The molecule has 0 aromatic heterocycles. The molecule has 0 spiro atoms. The molecule has 0 radical (unpaired) electrons. The van der Waals surface area contributed by atoms with Crippen LogP contribution >= 0.6 is 30.9 Å². The highest BCUT2D eigenvalue weighted by atomic mass is 35.5. The zero-order valence-electron chi connectivity index (χ0n) is 14.2. The number of hydrogen-bond donors (Lipinski definition) is 1. The van der Waals surface area contributed by atoms with Crippen LogP contribution < -0.4 is 5.08 Å². The van der Waals surface area contributed by atoms with Gasteiger partial charge in [0.05, 0.1) is 9.30 Å². The molecule has 1 aliphatic rings. The maximum atomic E-state index is 12.8. The van der Waals surface area contributed by atoms with E-state index in [1.54, 1.807) is 0 Å². The molecular formula is C7H15Cl2N2O2P. The fraction of sp³-hybridized carbons (Fsp3) is 1.00. The normalized spacial score (nSPS) is 42.6. The van der Waals surface area contributed by atoms with Gasteiger partial charge in [-0.1, -0.05) is 0 Å². The topological polar surface area (TPSA) is 41.6 Å². The average Bonchev–Trinajstić information content (AvgIpc) is 2.29. The Morgan fingerprint density at radius 2 is 2.57 bits per heavy atom. The SMILES string of the molecule is [2H]N1CCC([2H])([2H])OP1(=O)N(CCCl)C([2H])([2H])C([2H])([2H])Cl. The highest BCUT2D eigenvalue weighted by Gasteiger charge is 2.32. The number of rotatable bonds is 5. The van der Waals surface area contributed by atoms with Gasteiger partial charge >= 0.3 is 7.67 Å². The summed E-state index contributed by atoms with van der Waals surface area (Å²) in [7, 11) is -4.50. The van der Waals surface area contributed by atoms with E-state index in [0.29, 0.717) is 9.75 Å². The maximum Gasteiger partial charge on any atom is 0.343 e. The first-order valence-electron chi connectivity index (χ1n) is 7.33. The molecule has 0 amide bonds. The summed E-state index contributed by atoms with van der Waals surface area (Å²) >= 11 is 10.9. The van der Waals surface area contributed by atoms with Crippen molar-refractivity contribution in [2.24, 2.45) is 0 Å². The van der Waals surface area contributed by atoms with Crippen LogP contribution in [0.25, 0.3) is 0 Å². The summed E-state index contributed by atoms with van der Waals surface area (Å²) in [5.74, 6) is -3.19. The van der Waals surface area contributed by atoms with Gasteiger partial charge < -0.3 is 4.52 Å². The van der Waals surface area contributed by atoms with Crippen LogP contribution in [0.2, 0.25) is 1.41 Å². The summed E-state index contributed by atoms with van der Waals surface area (Å²) in [6.45, 7) is -6.04. The molecule has 0 saturated carbocycles. The van der Waals surface area contributed by atoms with Crippen LogP contribution in [0.4, 0.5) is 0 Å². The van der Waals surface area contributed by atoms with E-state index in [0.717, 1.165) is 0 Å². The molecular weight excluding hydrogens is 246 g/mol. The van der Waals surface area contributed by atoms with Gasteiger partial charge in [0.1, 0.15) is 1.41 Å². The monoisotopic (exact) mass is 267 g/mol. The van der Waals surface area contributed by atoms with E-state index in [9.17, 15) is 4.57 Å². The van der Waals surface area contributed by atoms with E-state index < -0.39 is 33.1 Å². The Balaban J connectivity index is 3.29. The predicted molar refractivity (Wildman–Crippen MR) is 59.2 cm³/mol. The van der Waals surface area contributed by atoms with Crippen molar-refractivity contribution < 1.29 is 18.7 Å². The third kappa shape index (κ3) is 3.37. The Morgan fingerprint density at radius 1 is 1.79 bits per heavy atom. The van der Waals surface area contributed by atoms with Crippen molar-refractivity contribution in [2.75, 3.05) is 37.9 Å². The Hall–Kier alpha value is 0.690. The number of nitrogens with zero attached hydrogens (tertiary/aromatic N) is 1. The molecule has 84 valence electrons. The zero-order chi connectivity index (χ0) is 16.7. The highest BCUT2D eigenvalue weighted by molar-refractivity contribution is 7.54. The Bertz CT molecular complexity index is 436. The molecule has 0 aliphatic carbocycles. The first-order chi connectivity index (χ1) is 9.28. The van der Waals surface area contributed by atoms with Gasteiger partial charge in [-0.2, -0.15) is 0 Å². The van der Waals surface area contributed by atoms with Gasteiger partial charge in [-0.3, -0.25) is 4.57 Å². The van der Waals surface area contributed by atoms with E-state index in [1.165, 1.54) is 0 Å². The van der Waals surface area contributed by atoms with Gasteiger partial charge in [0, 0.05) is 36.8 Å². The number of alkyl halides is 2. The van der Waals surface area contributed by atoms with Crippen molar-refractivity contribution in [3.63, 3.8) is 0 Å². The average molecular weight is 268 g/mol. The lowest BCUT2D eigenvalue weighted by Gasteiger charge is -2.33. The standard InChI is InChI=1S/C7H15Cl2N2O2P/c8-2-5-11(6-3-9)14(12)10-4-1-7-13-14/h1-7H2,(H,10,12)/i2D2,5D2,7D2/hD. The predicted octanol–water partition coefficient (Wildman–Crippen LogP) is 1.88. The quantitative estimate of drug-likeness (QED) is 0.610. The highest BCUT2D eigenvalue weighted by Crippen LogP contribution is 2.47. The summed E-state index contributed by atoms with van der Waals surface area (Å²) in [4.78, 5) is 0. The van der Waals surface area contributed by atoms with Crippen molar-refractivity contribution in [2.45, 2.75) is 6.42 Å². The lowest BCUT2D eigenvalue weighted by Crippen LogP contribution is -2.35. The van der Waals surface area contributed by atoms with E-state index in [-0.39, 0.29) is 18.8 Å². The minimum Gasteiger partial charge on any atom is -0.306 e. The Labute approximate surface area is 104 Å². The third-order valence-corrected chi connectivity index (χ3v) is 3.54. The Kier molecular flexibility index (Phi) is 2.64. The molecule has 1 heterocycles. The van der Waals surface area contributed by atoms with E-state index in [4.69, 9.17) is 37.4 Å². The molecule has 1 fully saturated rings. The lowest BCUT2D eigenvalue weighted by atomic mass is 10.5. The molecule has 1 N–H and O–H groups in total. The fourth-order valence-corrected chi connectivity index (χ4v) is 2.78. The molecule has 0 bridgehead atoms. The number of hydrogen-bond acceptors (Lipinski definition) is 2. The summed E-state index contributed by atoms with van der Waals surface area (Å²) in [6, 6.07) is 0. The van der Waals surface area contributed by atoms with Gasteiger partial charge in [0.2, 0.25) is 0 Å². The molecule has 1 rings (SSSR count). The van der Waals surface area contributed by atoms with Crippen molar-refractivity contribution in [1.29, 1.82) is 0 Å². The van der Waals surface area contributed by atoms with Gasteiger partial charge in [-0.25, -0.2) is 9.75 Å². The molecule has 1 atom stereocenters. The lowest BCUT2D eigenvalue weighted by molar-refractivity contribution is 0.233. The summed E-state index contributed by atoms with van der Waals surface area (Å²) in [5, 5.41) is 0.418. The van der Waals surface area contributed by atoms with Crippen LogP contribution in [-0.2, 0) is 9.09 Å². The van der Waals surface area contributed by atoms with Gasteiger partial charge in [-0.05, 0) is 6.42 Å². The van der Waals surface area contributed by atoms with E-state index in [2.05, 4.69) is 0 Å². The van der Waals surface area contributed by atoms with Crippen molar-refractivity contribution in [1.82, 2.24) is 9.75 Å². The number of nitrogens with one attached hydrogen (secondary N) is 1. The number of halogens is 2. The molecule has 4 nitrogen and oxygen atoms in total. The van der Waals surface area contributed by atoms with Gasteiger partial charge in [0.15, 0.2) is 0 Å². The second kappa shape index (κ2) is 6.31. The van der Waals surface area contributed by atoms with Gasteiger partial charge in [0.25, 0.3) is 0 Å². The minimum atomic E-state index is -4.50. The summed E-state index contributed by atoms with van der Waals surface area (Å²) in [6.07, 6.45) is -0.230. The first-order valence-corrected chi connectivity index (χ1v) is 6.33. The molecule has 7 heteroatoms. The smallest absolute Gasteiger partial charge is 0.306 e. The molecule has 0 aromatic rings. The van der Waals surface area contributed by atoms with E-state index >= 15 is 0 Å². The maximum absolute atomic E-state index is 12.8. The van der Waals surface area contributed by atoms with Crippen molar-refractivity contribution in [3.05, 3.63) is 0 Å². The first kappa shape index (κ1) is 5.85. The molecule has 1 unspecified atom stereocenters. The van der Waals surface area contributed by atoms with Crippen LogP contribution in [0, 0.1) is 0 Å². The van der Waals surface area contributed by atoms with Crippen LogP contribution in [0.3, 0.4) is 0 Å². The van der Waals surface area contributed by atoms with Crippen LogP contribution in [-0.4, -0.2) is 42.5 Å². The van der Waals surface area contributed by atoms with E-state index in [1.807, 2.05) is 0 Å². The largest absolute Gasteiger partial charge is 0.343 e. The second-order valence-electron chi connectivity index (χ2n) is 2.36. The summed E-state index contributed by atoms with van der Waals surface area (Å²) < 4.78 is 70.9. The van der Waals surface area contributed by atoms with Crippen LogP contribution in [0.1, 0.15) is 14.6 Å². The molecule has 0 aromatic carbocycles. The minimum absolute atomic E-state index is 0.230. The summed E-state index contributed by atoms with van der Waals surface area (Å²) in [5.41, 5.74) is 0. The van der Waals surface area contributed by atoms with Gasteiger partial charge in [-0.15, -0.1) is 23.2 Å². The third-order valence-electron chi connectivity index (χ3n) is 1.45. The molecule has 1 aliphatic heterocycles. The zero-order valence-corrected chi connectivity index (χ0v) is 9.65. The molecule has 1 saturated heterocycles. The van der Waals surface area contributed by atoms with Crippen LogP contribution in [0.15, 0.2) is 0 Å².